The predicted molar refractivity (Wildman–Crippen MR) is 151 cm³/mol. The Hall–Kier alpha value is -1.88. The minimum atomic E-state index is -0.710. The molecule has 0 bridgehead atoms. The number of rotatable bonds is 14. The first-order valence-corrected chi connectivity index (χ1v) is 15.2. The number of aryl methyl sites for hydroxylation is 1. The smallest absolute Gasteiger partial charge is 0.195 e. The van der Waals surface area contributed by atoms with Crippen LogP contribution < -0.4 is 0 Å². The molecule has 0 amide bonds. The molecule has 0 N–H and O–H groups in total. The summed E-state index contributed by atoms with van der Waals surface area (Å²) in [5.74, 6) is 2.84. The molecule has 2 fully saturated rings. The highest BCUT2D eigenvalue weighted by Crippen LogP contribution is 2.39. The van der Waals surface area contributed by atoms with E-state index in [0.717, 1.165) is 30.1 Å². The molecule has 0 atom stereocenters. The van der Waals surface area contributed by atoms with Crippen molar-refractivity contribution >= 4 is 0 Å². The summed E-state index contributed by atoms with van der Waals surface area (Å²) in [6, 6.07) is 11.1. The number of benzene rings is 1. The molecule has 2 aliphatic rings. The van der Waals surface area contributed by atoms with Crippen LogP contribution in [-0.2, 0) is 6.42 Å². The van der Waals surface area contributed by atoms with E-state index in [-0.39, 0.29) is 0 Å². The Morgan fingerprint density at radius 2 is 1.42 bits per heavy atom. The highest BCUT2D eigenvalue weighted by Gasteiger charge is 2.23. The van der Waals surface area contributed by atoms with Crippen molar-refractivity contribution in [3.63, 3.8) is 0 Å². The molecule has 2 heteroatoms. The van der Waals surface area contributed by atoms with Gasteiger partial charge in [0.2, 0.25) is 0 Å². The van der Waals surface area contributed by atoms with E-state index >= 15 is 0 Å². The molecule has 1 nitrogen and oxygen atoms in total. The Bertz CT molecular complexity index is 814. The van der Waals surface area contributed by atoms with Crippen molar-refractivity contribution in [3.8, 4) is 6.07 Å². The van der Waals surface area contributed by atoms with Crippen LogP contribution in [0.2, 0.25) is 0 Å². The van der Waals surface area contributed by atoms with Crippen molar-refractivity contribution in [1.29, 1.82) is 5.26 Å². The number of allylic oxidation sites excluding steroid dienone is 4. The monoisotopic (exact) mass is 491 g/mol. The van der Waals surface area contributed by atoms with E-state index in [1.54, 1.807) is 11.6 Å². The summed E-state index contributed by atoms with van der Waals surface area (Å²) in [4.78, 5) is 0. The summed E-state index contributed by atoms with van der Waals surface area (Å²) in [5, 5.41) is 8.42. The van der Waals surface area contributed by atoms with E-state index in [4.69, 9.17) is 5.26 Å². The summed E-state index contributed by atoms with van der Waals surface area (Å²) in [5.41, 5.74) is 3.11. The van der Waals surface area contributed by atoms with E-state index in [0.29, 0.717) is 0 Å². The van der Waals surface area contributed by atoms with Crippen molar-refractivity contribution in [2.75, 3.05) is 0 Å². The standard InChI is InChI=1S/C34H50FN/c1-2-3-5-10-30-19-23-32(24-20-30)33-25-21-31(22-26-33)13-9-8-12-29-17-15-28(16-18-29)11-6-4-7-14-34(35)27-36/h4,7,14,19-20,23-24,28-29,31,33H,2-3,5-6,8-13,15-18,21-22,25-26H2,1H3/b7-4+,34-14-. The van der Waals surface area contributed by atoms with Gasteiger partial charge in [0.1, 0.15) is 6.07 Å². The zero-order chi connectivity index (χ0) is 25.4. The minimum Gasteiger partial charge on any atom is -0.195 e. The first-order valence-electron chi connectivity index (χ1n) is 15.2. The van der Waals surface area contributed by atoms with Gasteiger partial charge in [0, 0.05) is 0 Å². The van der Waals surface area contributed by atoms with Crippen molar-refractivity contribution in [3.05, 3.63) is 59.4 Å². The van der Waals surface area contributed by atoms with Crippen LogP contribution in [0.1, 0.15) is 133 Å². The Balaban J connectivity index is 1.21. The van der Waals surface area contributed by atoms with Gasteiger partial charge in [-0.3, -0.25) is 0 Å². The summed E-state index contributed by atoms with van der Waals surface area (Å²) >= 11 is 0. The van der Waals surface area contributed by atoms with Gasteiger partial charge in [0.15, 0.2) is 5.83 Å². The summed E-state index contributed by atoms with van der Waals surface area (Å²) < 4.78 is 12.8. The van der Waals surface area contributed by atoms with Crippen molar-refractivity contribution in [2.45, 2.75) is 128 Å². The quantitative estimate of drug-likeness (QED) is 0.144. The third-order valence-corrected chi connectivity index (χ3v) is 9.03. The van der Waals surface area contributed by atoms with Crippen LogP contribution in [0.3, 0.4) is 0 Å². The Kier molecular flexibility index (Phi) is 13.4. The maximum Gasteiger partial charge on any atom is 0.199 e. The predicted octanol–water partition coefficient (Wildman–Crippen LogP) is 10.8. The fourth-order valence-corrected chi connectivity index (χ4v) is 6.61. The van der Waals surface area contributed by atoms with E-state index in [1.165, 1.54) is 127 Å². The summed E-state index contributed by atoms with van der Waals surface area (Å²) in [6.45, 7) is 2.28. The molecule has 0 aliphatic heterocycles. The lowest BCUT2D eigenvalue weighted by atomic mass is 9.76. The van der Waals surface area contributed by atoms with Crippen LogP contribution in [0.25, 0.3) is 0 Å². The second-order valence-electron chi connectivity index (χ2n) is 11.7. The zero-order valence-electron chi connectivity index (χ0n) is 22.9. The van der Waals surface area contributed by atoms with Crippen LogP contribution in [0, 0.1) is 29.1 Å². The number of unbranched alkanes of at least 4 members (excludes halogenated alkanes) is 3. The first kappa shape index (κ1) is 28.7. The molecule has 2 saturated carbocycles. The molecule has 198 valence electrons. The van der Waals surface area contributed by atoms with Crippen molar-refractivity contribution in [1.82, 2.24) is 0 Å². The van der Waals surface area contributed by atoms with Crippen LogP contribution in [-0.4, -0.2) is 0 Å². The Labute approximate surface area is 221 Å². The number of nitriles is 1. The van der Waals surface area contributed by atoms with Gasteiger partial charge in [-0.2, -0.15) is 9.65 Å². The fourth-order valence-electron chi connectivity index (χ4n) is 6.61. The molecule has 0 aromatic heterocycles. The van der Waals surface area contributed by atoms with Gasteiger partial charge in [-0.15, -0.1) is 0 Å². The highest BCUT2D eigenvalue weighted by molar-refractivity contribution is 5.26. The number of nitrogens with zero attached hydrogens (tertiary/aromatic N) is 1. The van der Waals surface area contributed by atoms with Crippen LogP contribution >= 0.6 is 0 Å². The Morgan fingerprint density at radius 3 is 2.00 bits per heavy atom. The summed E-state index contributed by atoms with van der Waals surface area (Å²) in [6.07, 6.45) is 29.3. The number of hydrogen-bond donors (Lipinski definition) is 0. The van der Waals surface area contributed by atoms with Gasteiger partial charge in [0.25, 0.3) is 0 Å². The molecule has 36 heavy (non-hydrogen) atoms. The molecule has 0 spiro atoms. The molecular formula is C34H50FN. The van der Waals surface area contributed by atoms with Crippen molar-refractivity contribution < 1.29 is 4.39 Å². The maximum atomic E-state index is 12.8. The summed E-state index contributed by atoms with van der Waals surface area (Å²) in [7, 11) is 0. The van der Waals surface area contributed by atoms with Gasteiger partial charge in [-0.25, -0.2) is 0 Å². The van der Waals surface area contributed by atoms with Crippen LogP contribution in [0.5, 0.6) is 0 Å². The van der Waals surface area contributed by atoms with E-state index in [9.17, 15) is 4.39 Å². The van der Waals surface area contributed by atoms with Gasteiger partial charge >= 0.3 is 0 Å². The van der Waals surface area contributed by atoms with Crippen LogP contribution in [0.15, 0.2) is 48.3 Å². The average Bonchev–Trinajstić information content (AvgIpc) is 2.92. The minimum absolute atomic E-state index is 0.710. The highest BCUT2D eigenvalue weighted by atomic mass is 19.1. The fraction of sp³-hybridized carbons (Fsp3) is 0.676. The van der Waals surface area contributed by atoms with Gasteiger partial charge in [-0.1, -0.05) is 108 Å². The van der Waals surface area contributed by atoms with E-state index < -0.39 is 5.83 Å². The second-order valence-corrected chi connectivity index (χ2v) is 11.7. The van der Waals surface area contributed by atoms with Gasteiger partial charge < -0.3 is 0 Å². The SMILES string of the molecule is CCCCCc1ccc(C2CCC(CCCCC3CCC(CC/C=C/C=C(\F)C#N)CC3)CC2)cc1. The molecular weight excluding hydrogens is 441 g/mol. The van der Waals surface area contributed by atoms with Gasteiger partial charge in [-0.05, 0) is 92.2 Å². The second kappa shape index (κ2) is 16.8. The molecule has 3 rings (SSSR count). The number of halogens is 1. The molecule has 0 unspecified atom stereocenters. The molecule has 1 aromatic rings. The molecule has 2 aliphatic carbocycles. The molecule has 0 radical (unpaired) electrons. The first-order chi connectivity index (χ1) is 17.7. The van der Waals surface area contributed by atoms with Crippen LogP contribution in [0.4, 0.5) is 4.39 Å². The van der Waals surface area contributed by atoms with Gasteiger partial charge in [0.05, 0.1) is 0 Å². The molecule has 1 aromatic carbocycles. The third kappa shape index (κ3) is 10.6. The lowest BCUT2D eigenvalue weighted by Crippen LogP contribution is -2.15. The zero-order valence-corrected chi connectivity index (χ0v) is 22.9. The maximum absolute atomic E-state index is 12.8. The molecule has 0 heterocycles. The Morgan fingerprint density at radius 1 is 0.833 bits per heavy atom. The normalized spacial score (nSPS) is 25.2. The lowest BCUT2D eigenvalue weighted by molar-refractivity contribution is 0.244. The molecule has 0 saturated heterocycles. The topological polar surface area (TPSA) is 23.8 Å². The lowest BCUT2D eigenvalue weighted by Gasteiger charge is -2.30. The number of hydrogen-bond acceptors (Lipinski definition) is 1. The van der Waals surface area contributed by atoms with E-state index in [1.807, 2.05) is 6.08 Å². The van der Waals surface area contributed by atoms with Crippen molar-refractivity contribution in [2.24, 2.45) is 17.8 Å². The average molecular weight is 492 g/mol. The largest absolute Gasteiger partial charge is 0.199 e. The van der Waals surface area contributed by atoms with E-state index in [2.05, 4.69) is 31.2 Å². The third-order valence-electron chi connectivity index (χ3n) is 9.03.